The Balaban J connectivity index is 2.43. The van der Waals surface area contributed by atoms with Crippen molar-refractivity contribution < 1.29 is 4.74 Å². The number of hydrogen-bond donors (Lipinski definition) is 1. The Bertz CT molecular complexity index is 134. The number of nitrogens with two attached hydrogens (primary N) is 1. The van der Waals surface area contributed by atoms with Gasteiger partial charge in [-0.15, -0.1) is 0 Å². The first kappa shape index (κ1) is 9.01. The molecule has 1 saturated carbocycles. The minimum Gasteiger partial charge on any atom is -0.374 e. The van der Waals surface area contributed by atoms with Crippen LogP contribution in [0.15, 0.2) is 0 Å². The highest BCUT2D eigenvalue weighted by Gasteiger charge is 2.48. The van der Waals surface area contributed by atoms with Crippen LogP contribution in [0.3, 0.4) is 0 Å². The zero-order valence-electron chi connectivity index (χ0n) is 7.81. The van der Waals surface area contributed by atoms with E-state index in [1.54, 1.807) is 0 Å². The van der Waals surface area contributed by atoms with Gasteiger partial charge in [0.15, 0.2) is 0 Å². The first-order valence-corrected chi connectivity index (χ1v) is 4.38. The van der Waals surface area contributed by atoms with Gasteiger partial charge in [-0.05, 0) is 25.2 Å². The molecule has 2 N–H and O–H groups in total. The fourth-order valence-electron chi connectivity index (χ4n) is 2.30. The monoisotopic (exact) mass is 157 g/mol. The summed E-state index contributed by atoms with van der Waals surface area (Å²) < 4.78 is 5.63. The summed E-state index contributed by atoms with van der Waals surface area (Å²) in [5, 5.41) is 0. The van der Waals surface area contributed by atoms with Gasteiger partial charge < -0.3 is 10.5 Å². The molecule has 0 aliphatic heterocycles. The van der Waals surface area contributed by atoms with Crippen molar-refractivity contribution >= 4 is 0 Å². The van der Waals surface area contributed by atoms with E-state index in [0.29, 0.717) is 12.0 Å². The summed E-state index contributed by atoms with van der Waals surface area (Å²) in [5.74, 6) is 0. The maximum atomic E-state index is 5.65. The van der Waals surface area contributed by atoms with Gasteiger partial charge in [-0.1, -0.05) is 13.8 Å². The van der Waals surface area contributed by atoms with Crippen LogP contribution in [0.5, 0.6) is 0 Å². The van der Waals surface area contributed by atoms with Crippen LogP contribution in [0.4, 0.5) is 0 Å². The average molecular weight is 157 g/mol. The number of rotatable bonds is 3. The van der Waals surface area contributed by atoms with E-state index in [9.17, 15) is 0 Å². The molecule has 0 aromatic heterocycles. The zero-order chi connectivity index (χ0) is 8.54. The van der Waals surface area contributed by atoms with E-state index in [4.69, 9.17) is 10.5 Å². The lowest BCUT2D eigenvalue weighted by Gasteiger charge is -2.52. The summed E-state index contributed by atoms with van der Waals surface area (Å²) in [7, 11) is 0. The molecule has 0 unspecified atom stereocenters. The first-order chi connectivity index (χ1) is 5.04. The maximum Gasteiger partial charge on any atom is 0.0814 e. The molecule has 66 valence electrons. The molecule has 2 heteroatoms. The lowest BCUT2D eigenvalue weighted by Crippen LogP contribution is -2.55. The van der Waals surface area contributed by atoms with Gasteiger partial charge in [-0.3, -0.25) is 0 Å². The van der Waals surface area contributed by atoms with Gasteiger partial charge in [0.25, 0.3) is 0 Å². The van der Waals surface area contributed by atoms with Crippen molar-refractivity contribution in [3.8, 4) is 0 Å². The minimum atomic E-state index is 0.0260. The molecule has 0 amide bonds. The van der Waals surface area contributed by atoms with Crippen molar-refractivity contribution in [3.63, 3.8) is 0 Å². The van der Waals surface area contributed by atoms with Crippen molar-refractivity contribution in [1.29, 1.82) is 0 Å². The van der Waals surface area contributed by atoms with Crippen molar-refractivity contribution in [2.75, 3.05) is 13.2 Å². The fourth-order valence-corrected chi connectivity index (χ4v) is 2.30. The highest BCUT2D eigenvalue weighted by atomic mass is 16.5. The lowest BCUT2D eigenvalue weighted by atomic mass is 9.61. The van der Waals surface area contributed by atoms with Crippen LogP contribution in [0, 0.1) is 5.41 Å². The lowest BCUT2D eigenvalue weighted by molar-refractivity contribution is -0.147. The van der Waals surface area contributed by atoms with Crippen molar-refractivity contribution in [3.05, 3.63) is 0 Å². The maximum absolute atomic E-state index is 5.65. The van der Waals surface area contributed by atoms with Crippen LogP contribution in [-0.4, -0.2) is 18.8 Å². The van der Waals surface area contributed by atoms with E-state index >= 15 is 0 Å². The Kier molecular flexibility index (Phi) is 2.26. The molecule has 11 heavy (non-hydrogen) atoms. The highest BCUT2D eigenvalue weighted by molar-refractivity contribution is 5.01. The summed E-state index contributed by atoms with van der Waals surface area (Å²) in [5.41, 5.74) is 6.13. The van der Waals surface area contributed by atoms with Gasteiger partial charge >= 0.3 is 0 Å². The Morgan fingerprint density at radius 2 is 1.91 bits per heavy atom. The third kappa shape index (κ3) is 1.74. The Hall–Kier alpha value is -0.0800. The molecule has 0 atom stereocenters. The molecule has 0 bridgehead atoms. The standard InChI is InChI=1S/C9H19NO/c1-4-11-9(7-10)5-8(2,3)6-9/h4-7,10H2,1-3H3. The van der Waals surface area contributed by atoms with Gasteiger partial charge in [0.05, 0.1) is 5.60 Å². The number of ether oxygens (including phenoxy) is 1. The normalized spacial score (nSPS) is 26.2. The first-order valence-electron chi connectivity index (χ1n) is 4.38. The average Bonchev–Trinajstić information content (AvgIpc) is 1.84. The van der Waals surface area contributed by atoms with E-state index in [2.05, 4.69) is 13.8 Å². The molecule has 2 nitrogen and oxygen atoms in total. The summed E-state index contributed by atoms with van der Waals surface area (Å²) in [6, 6.07) is 0. The molecule has 0 aromatic rings. The number of hydrogen-bond acceptors (Lipinski definition) is 2. The van der Waals surface area contributed by atoms with E-state index in [1.807, 2.05) is 6.92 Å². The molecule has 1 aliphatic rings. The quantitative estimate of drug-likeness (QED) is 0.674. The Labute approximate surface area is 69.1 Å². The second-order valence-electron chi connectivity index (χ2n) is 4.34. The van der Waals surface area contributed by atoms with Crippen LogP contribution in [0.25, 0.3) is 0 Å². The van der Waals surface area contributed by atoms with E-state index in [1.165, 1.54) is 0 Å². The molecule has 1 fully saturated rings. The fraction of sp³-hybridized carbons (Fsp3) is 1.00. The smallest absolute Gasteiger partial charge is 0.0814 e. The van der Waals surface area contributed by atoms with Gasteiger partial charge in [0, 0.05) is 13.2 Å². The SMILES string of the molecule is CCOC1(CN)CC(C)(C)C1. The van der Waals surface area contributed by atoms with Gasteiger partial charge in [0.2, 0.25) is 0 Å². The summed E-state index contributed by atoms with van der Waals surface area (Å²) in [4.78, 5) is 0. The summed E-state index contributed by atoms with van der Waals surface area (Å²) in [6.07, 6.45) is 2.23. The van der Waals surface area contributed by atoms with Gasteiger partial charge in [-0.2, -0.15) is 0 Å². The van der Waals surface area contributed by atoms with E-state index in [-0.39, 0.29) is 5.60 Å². The van der Waals surface area contributed by atoms with Crippen LogP contribution in [-0.2, 0) is 4.74 Å². The second-order valence-corrected chi connectivity index (χ2v) is 4.34. The van der Waals surface area contributed by atoms with Crippen LogP contribution in [0.1, 0.15) is 33.6 Å². The molecule has 0 aromatic carbocycles. The van der Waals surface area contributed by atoms with Crippen LogP contribution >= 0.6 is 0 Å². The van der Waals surface area contributed by atoms with Crippen molar-refractivity contribution in [2.24, 2.45) is 11.1 Å². The molecule has 0 spiro atoms. The molecular formula is C9H19NO. The third-order valence-corrected chi connectivity index (χ3v) is 2.42. The second kappa shape index (κ2) is 2.76. The molecule has 0 radical (unpaired) electrons. The van der Waals surface area contributed by atoms with Crippen LogP contribution < -0.4 is 5.73 Å². The zero-order valence-corrected chi connectivity index (χ0v) is 7.81. The third-order valence-electron chi connectivity index (χ3n) is 2.42. The van der Waals surface area contributed by atoms with Crippen molar-refractivity contribution in [1.82, 2.24) is 0 Å². The van der Waals surface area contributed by atoms with Crippen LogP contribution in [0.2, 0.25) is 0 Å². The molecule has 1 rings (SSSR count). The van der Waals surface area contributed by atoms with E-state index < -0.39 is 0 Å². The van der Waals surface area contributed by atoms with E-state index in [0.717, 1.165) is 19.4 Å². The highest BCUT2D eigenvalue weighted by Crippen LogP contribution is 2.49. The minimum absolute atomic E-state index is 0.0260. The predicted octanol–water partition coefficient (Wildman–Crippen LogP) is 1.54. The van der Waals surface area contributed by atoms with Gasteiger partial charge in [0.1, 0.15) is 0 Å². The predicted molar refractivity (Wildman–Crippen MR) is 46.4 cm³/mol. The van der Waals surface area contributed by atoms with Gasteiger partial charge in [-0.25, -0.2) is 0 Å². The molecular weight excluding hydrogens is 138 g/mol. The molecule has 0 saturated heterocycles. The Morgan fingerprint density at radius 1 is 1.36 bits per heavy atom. The summed E-state index contributed by atoms with van der Waals surface area (Å²) >= 11 is 0. The summed E-state index contributed by atoms with van der Waals surface area (Å²) in [6.45, 7) is 8.01. The molecule has 1 aliphatic carbocycles. The van der Waals surface area contributed by atoms with Crippen molar-refractivity contribution in [2.45, 2.75) is 39.2 Å². The molecule has 0 heterocycles. The topological polar surface area (TPSA) is 35.2 Å². The largest absolute Gasteiger partial charge is 0.374 e. The Morgan fingerprint density at radius 3 is 2.18 bits per heavy atom.